The Labute approximate surface area is 205 Å². The van der Waals surface area contributed by atoms with E-state index in [-0.39, 0.29) is 0 Å². The van der Waals surface area contributed by atoms with Crippen LogP contribution in [0.25, 0.3) is 0 Å². The monoisotopic (exact) mass is 456 g/mol. The minimum atomic E-state index is -2.48. The van der Waals surface area contributed by atoms with Crippen LogP contribution < -0.4 is 15.6 Å². The summed E-state index contributed by atoms with van der Waals surface area (Å²) in [6, 6.07) is 38.8. The van der Waals surface area contributed by atoms with Gasteiger partial charge in [0.2, 0.25) is 0 Å². The molecule has 0 nitrogen and oxygen atoms in total. The minimum absolute atomic E-state index is 0.977. The molecule has 0 aliphatic heterocycles. The van der Waals surface area contributed by atoms with Crippen molar-refractivity contribution < 1.29 is 0 Å². The predicted octanol–water partition coefficient (Wildman–Crippen LogP) is 6.12. The van der Waals surface area contributed by atoms with Crippen molar-refractivity contribution >= 4 is 23.6 Å². The average Bonchev–Trinajstić information content (AvgIpc) is 3.29. The molecule has 4 aromatic rings. The van der Waals surface area contributed by atoms with Gasteiger partial charge in [-0.25, -0.2) is 0 Å². The smallest absolute Gasteiger partial charge is 0.0805 e. The molecule has 34 heavy (non-hydrogen) atoms. The summed E-state index contributed by atoms with van der Waals surface area (Å²) >= 11 is 0. The Bertz CT molecular complexity index is 1260. The zero-order chi connectivity index (χ0) is 23.5. The van der Waals surface area contributed by atoms with Gasteiger partial charge < -0.3 is 0 Å². The molecule has 5 rings (SSSR count). The molecule has 0 saturated carbocycles. The Kier molecular flexibility index (Phi) is 6.21. The van der Waals surface area contributed by atoms with E-state index in [0.29, 0.717) is 0 Å². The highest BCUT2D eigenvalue weighted by Crippen LogP contribution is 2.31. The second-order valence-corrected chi connectivity index (χ2v) is 13.5. The lowest BCUT2D eigenvalue weighted by molar-refractivity contribution is 1.18. The van der Waals surface area contributed by atoms with Gasteiger partial charge in [0.05, 0.1) is 0 Å². The standard InChI is InChI=1S/C33H32Si/c1-25-11-7-17-30(21-25)34(31-18-8-12-26(2)22-31,32-19-9-13-27(3)23-32)33-20-10-16-29(33)24-28-14-5-4-6-15-28/h4-19,21-23H,20,24H2,1-3H3. The molecule has 1 aliphatic carbocycles. The second kappa shape index (κ2) is 9.44. The van der Waals surface area contributed by atoms with E-state index in [0.717, 1.165) is 12.8 Å². The van der Waals surface area contributed by atoms with Crippen molar-refractivity contribution in [2.75, 3.05) is 0 Å². The van der Waals surface area contributed by atoms with Gasteiger partial charge in [-0.05, 0) is 60.3 Å². The normalized spacial score (nSPS) is 13.5. The van der Waals surface area contributed by atoms with E-state index in [9.17, 15) is 0 Å². The van der Waals surface area contributed by atoms with Gasteiger partial charge >= 0.3 is 0 Å². The summed E-state index contributed by atoms with van der Waals surface area (Å²) < 4.78 is 0. The molecular formula is C33H32Si. The van der Waals surface area contributed by atoms with E-state index in [2.05, 4.69) is 136 Å². The van der Waals surface area contributed by atoms with Gasteiger partial charge in [0.1, 0.15) is 0 Å². The van der Waals surface area contributed by atoms with E-state index in [4.69, 9.17) is 0 Å². The highest BCUT2D eigenvalue weighted by Gasteiger charge is 2.44. The SMILES string of the molecule is Cc1cccc([Si](C2=C(Cc3ccccc3)C=CC2)(c2cccc(C)c2)c2cccc(C)c2)c1. The first-order chi connectivity index (χ1) is 16.6. The van der Waals surface area contributed by atoms with Gasteiger partial charge in [-0.15, -0.1) is 0 Å². The van der Waals surface area contributed by atoms with Crippen molar-refractivity contribution in [3.05, 3.63) is 148 Å². The number of hydrogen-bond donors (Lipinski definition) is 0. The topological polar surface area (TPSA) is 0 Å². The molecule has 1 heteroatoms. The van der Waals surface area contributed by atoms with Crippen LogP contribution in [0.2, 0.25) is 0 Å². The third kappa shape index (κ3) is 4.13. The largest absolute Gasteiger partial charge is 0.176 e. The van der Waals surface area contributed by atoms with E-state index >= 15 is 0 Å². The molecule has 0 fully saturated rings. The second-order valence-electron chi connectivity index (χ2n) is 9.63. The maximum absolute atomic E-state index is 2.48. The molecule has 168 valence electrons. The molecular weight excluding hydrogens is 424 g/mol. The van der Waals surface area contributed by atoms with Crippen LogP contribution in [-0.4, -0.2) is 8.07 Å². The molecule has 0 amide bonds. The molecule has 0 spiro atoms. The average molecular weight is 457 g/mol. The van der Waals surface area contributed by atoms with Crippen LogP contribution >= 0.6 is 0 Å². The fourth-order valence-corrected chi connectivity index (χ4v) is 11.1. The maximum atomic E-state index is 2.45. The summed E-state index contributed by atoms with van der Waals surface area (Å²) in [4.78, 5) is 0. The molecule has 4 aromatic carbocycles. The van der Waals surface area contributed by atoms with Gasteiger partial charge in [-0.1, -0.05) is 137 Å². The summed E-state index contributed by atoms with van der Waals surface area (Å²) in [5.74, 6) is 0. The van der Waals surface area contributed by atoms with E-state index < -0.39 is 8.07 Å². The third-order valence-electron chi connectivity index (χ3n) is 7.07. The Morgan fingerprint density at radius 3 is 1.56 bits per heavy atom. The molecule has 0 heterocycles. The van der Waals surface area contributed by atoms with Crippen molar-refractivity contribution in [1.29, 1.82) is 0 Å². The number of benzene rings is 4. The summed E-state index contributed by atoms with van der Waals surface area (Å²) in [6.45, 7) is 6.67. The molecule has 0 radical (unpaired) electrons. The third-order valence-corrected chi connectivity index (χ3v) is 12.0. The van der Waals surface area contributed by atoms with Crippen molar-refractivity contribution in [2.45, 2.75) is 33.6 Å². The van der Waals surface area contributed by atoms with Gasteiger partial charge in [0.25, 0.3) is 0 Å². The van der Waals surface area contributed by atoms with Crippen molar-refractivity contribution in [3.8, 4) is 0 Å². The van der Waals surface area contributed by atoms with Crippen LogP contribution in [0.4, 0.5) is 0 Å². The van der Waals surface area contributed by atoms with Gasteiger partial charge in [-0.2, -0.15) is 0 Å². The fraction of sp³-hybridized carbons (Fsp3) is 0.152. The molecule has 0 aromatic heterocycles. The van der Waals surface area contributed by atoms with Crippen molar-refractivity contribution in [3.63, 3.8) is 0 Å². The lowest BCUT2D eigenvalue weighted by atomic mass is 10.1. The van der Waals surface area contributed by atoms with Gasteiger partial charge in [0.15, 0.2) is 8.07 Å². The number of hydrogen-bond acceptors (Lipinski definition) is 0. The van der Waals surface area contributed by atoms with Crippen LogP contribution in [0, 0.1) is 20.8 Å². The zero-order valence-electron chi connectivity index (χ0n) is 20.4. The Morgan fingerprint density at radius 2 is 1.09 bits per heavy atom. The summed E-state index contributed by atoms with van der Waals surface area (Å²) in [5.41, 5.74) is 6.84. The predicted molar refractivity (Wildman–Crippen MR) is 149 cm³/mol. The fourth-order valence-electron chi connectivity index (χ4n) is 5.58. The lowest BCUT2D eigenvalue weighted by Crippen LogP contribution is -2.69. The van der Waals surface area contributed by atoms with Crippen LogP contribution in [0.15, 0.2) is 126 Å². The highest BCUT2D eigenvalue weighted by atomic mass is 28.3. The molecule has 0 atom stereocenters. The van der Waals surface area contributed by atoms with Gasteiger partial charge in [0, 0.05) is 0 Å². The van der Waals surface area contributed by atoms with Crippen molar-refractivity contribution in [2.24, 2.45) is 0 Å². The minimum Gasteiger partial charge on any atom is -0.0805 e. The lowest BCUT2D eigenvalue weighted by Gasteiger charge is -2.37. The van der Waals surface area contributed by atoms with Crippen LogP contribution in [0.1, 0.15) is 28.7 Å². The Hall–Kier alpha value is -3.42. The molecule has 0 saturated heterocycles. The van der Waals surface area contributed by atoms with E-state index in [1.54, 1.807) is 5.20 Å². The number of aryl methyl sites for hydroxylation is 3. The molecule has 1 aliphatic rings. The van der Waals surface area contributed by atoms with E-state index in [1.165, 1.54) is 43.4 Å². The first-order valence-corrected chi connectivity index (χ1v) is 14.2. The summed E-state index contributed by atoms with van der Waals surface area (Å²) in [6.07, 6.45) is 6.78. The Balaban J connectivity index is 1.86. The molecule has 0 N–H and O–H groups in total. The Morgan fingerprint density at radius 1 is 0.588 bits per heavy atom. The summed E-state index contributed by atoms with van der Waals surface area (Å²) in [7, 11) is -2.48. The van der Waals surface area contributed by atoms with Crippen LogP contribution in [0.3, 0.4) is 0 Å². The first kappa shape index (κ1) is 22.4. The zero-order valence-corrected chi connectivity index (χ0v) is 21.4. The van der Waals surface area contributed by atoms with Gasteiger partial charge in [-0.3, -0.25) is 0 Å². The first-order valence-electron chi connectivity index (χ1n) is 12.2. The molecule has 0 unspecified atom stereocenters. The quantitative estimate of drug-likeness (QED) is 0.242. The maximum Gasteiger partial charge on any atom is 0.176 e. The number of allylic oxidation sites excluding steroid dienone is 4. The molecule has 0 bridgehead atoms. The number of rotatable bonds is 6. The van der Waals surface area contributed by atoms with Crippen LogP contribution in [0.5, 0.6) is 0 Å². The van der Waals surface area contributed by atoms with Crippen molar-refractivity contribution in [1.82, 2.24) is 0 Å². The highest BCUT2D eigenvalue weighted by molar-refractivity contribution is 7.16. The van der Waals surface area contributed by atoms with E-state index in [1.807, 2.05) is 0 Å². The summed E-state index contributed by atoms with van der Waals surface area (Å²) in [5, 5.41) is 6.06. The van der Waals surface area contributed by atoms with Crippen LogP contribution in [-0.2, 0) is 6.42 Å².